The lowest BCUT2D eigenvalue weighted by Gasteiger charge is -2.34. The topological polar surface area (TPSA) is 162 Å². The van der Waals surface area contributed by atoms with Gasteiger partial charge in [0.25, 0.3) is 5.91 Å². The number of carbonyl (C=O) groups is 3. The number of benzene rings is 4. The normalized spacial score (nSPS) is 12.1. The molecule has 0 saturated heterocycles. The van der Waals surface area contributed by atoms with Crippen molar-refractivity contribution < 1.29 is 55.0 Å². The first kappa shape index (κ1) is 55.7. The fourth-order valence-corrected chi connectivity index (χ4v) is 5.56. The number of halogens is 6. The molecule has 4 aromatic carbocycles. The van der Waals surface area contributed by atoms with E-state index >= 15 is 0 Å². The Morgan fingerprint density at radius 3 is 1.55 bits per heavy atom. The molecule has 0 spiro atoms. The van der Waals surface area contributed by atoms with Gasteiger partial charge in [-0.05, 0) is 85.6 Å². The number of urea groups is 1. The highest BCUT2D eigenvalue weighted by atomic mass is 19.4. The van der Waals surface area contributed by atoms with Crippen molar-refractivity contribution in [2.24, 2.45) is 22.6 Å². The Labute approximate surface area is 381 Å². The van der Waals surface area contributed by atoms with Crippen LogP contribution in [0.1, 0.15) is 38.8 Å². The van der Waals surface area contributed by atoms with E-state index < -0.39 is 36.6 Å². The number of alkyl halides is 6. The highest BCUT2D eigenvalue weighted by Crippen LogP contribution is 2.25. The van der Waals surface area contributed by atoms with Crippen molar-refractivity contribution in [2.75, 3.05) is 46.6 Å². The molecule has 0 radical (unpaired) electrons. The van der Waals surface area contributed by atoms with E-state index in [4.69, 9.17) is 5.73 Å². The maximum absolute atomic E-state index is 13.2. The van der Waals surface area contributed by atoms with E-state index in [1.165, 1.54) is 35.4 Å². The zero-order chi connectivity index (χ0) is 49.6. The monoisotopic (exact) mass is 932 g/mol. The molecule has 20 heteroatoms. The van der Waals surface area contributed by atoms with Crippen molar-refractivity contribution in [3.63, 3.8) is 0 Å². The quantitative estimate of drug-likeness (QED) is 0.0409. The van der Waals surface area contributed by atoms with Crippen LogP contribution in [0.2, 0.25) is 0 Å². The fourth-order valence-electron chi connectivity index (χ4n) is 5.56. The Kier molecular flexibility index (Phi) is 22.9. The van der Waals surface area contributed by atoms with E-state index in [0.29, 0.717) is 19.6 Å². The minimum atomic E-state index is -4.80. The Morgan fingerprint density at radius 2 is 1.14 bits per heavy atom. The summed E-state index contributed by atoms with van der Waals surface area (Å²) < 4.78 is 79.2. The van der Waals surface area contributed by atoms with Crippen LogP contribution in [0, 0.1) is 11.8 Å². The number of likely N-dealkylation sites (N-methyl/N-ethyl adjacent to an activating group) is 1. The first-order valence-electron chi connectivity index (χ1n) is 20.5. The minimum Gasteiger partial charge on any atom is -0.406 e. The Bertz CT molecular complexity index is 2100. The SMILES string of the molecule is CC(C)[C@H](N)C(=O)N(CCN(C)C)Cc1ccccc1.CC(C)[C@H](NC(=O)Nc1ccc(OC(F)(F)F)cc1)C(=O)N(Cc1ccccc1)N(C)C.O=C=Nc1ccc(OC(F)(F)F)cc1. The lowest BCUT2D eigenvalue weighted by molar-refractivity contribution is -0.275. The average molecular weight is 933 g/mol. The number of nitrogens with one attached hydrogen (secondary N) is 2. The number of nitrogens with zero attached hydrogens (tertiary/aromatic N) is 5. The second-order valence-corrected chi connectivity index (χ2v) is 15.7. The number of anilines is 1. The first-order chi connectivity index (χ1) is 30.9. The summed E-state index contributed by atoms with van der Waals surface area (Å²) in [6, 6.07) is 26.8. The van der Waals surface area contributed by atoms with Crippen LogP contribution in [0.4, 0.5) is 42.5 Å². The van der Waals surface area contributed by atoms with Gasteiger partial charge in [-0.25, -0.2) is 14.6 Å². The molecule has 0 heterocycles. The molecule has 4 amide bonds. The van der Waals surface area contributed by atoms with Crippen LogP contribution in [0.15, 0.2) is 114 Å². The summed E-state index contributed by atoms with van der Waals surface area (Å²) in [7, 11) is 7.49. The van der Waals surface area contributed by atoms with Crippen LogP contribution in [-0.2, 0) is 27.5 Å². The maximum Gasteiger partial charge on any atom is 0.573 e. The van der Waals surface area contributed by atoms with E-state index in [0.717, 1.165) is 41.9 Å². The number of amides is 4. The molecule has 0 saturated carbocycles. The molecule has 4 rings (SSSR count). The van der Waals surface area contributed by atoms with Gasteiger partial charge in [0.2, 0.25) is 12.0 Å². The molecule has 0 fully saturated rings. The van der Waals surface area contributed by atoms with Crippen LogP contribution < -0.4 is 25.8 Å². The van der Waals surface area contributed by atoms with Crippen molar-refractivity contribution in [3.8, 4) is 11.5 Å². The number of hydrogen-bond acceptors (Lipinski definition) is 10. The van der Waals surface area contributed by atoms with Gasteiger partial charge in [-0.1, -0.05) is 88.4 Å². The van der Waals surface area contributed by atoms with E-state index in [2.05, 4.69) is 30.0 Å². The zero-order valence-electron chi connectivity index (χ0n) is 38.1. The van der Waals surface area contributed by atoms with Gasteiger partial charge in [0.15, 0.2) is 0 Å². The number of ether oxygens (including phenoxy) is 2. The standard InChI is InChI=1S/C22H27F3N4O3.C16H27N3O.C8H4F3NO2/c1-15(2)19(20(30)29(28(3)4)14-16-8-6-5-7-9-16)27-21(31)26-17-10-12-18(13-11-17)32-22(23,24)25;1-13(2)15(17)16(20)19(11-10-18(3)4)12-14-8-6-5-7-9-14;9-8(10,11)14-7-3-1-6(2-4-7)12-5-13/h5-13,15,19H,14H2,1-4H3,(H2,26,27,31);5-9,13,15H,10-12,17H2,1-4H3;1-4H/t19-;15-;/m00./s1. The van der Waals surface area contributed by atoms with E-state index in [1.54, 1.807) is 19.1 Å². The number of isocyanates is 1. The molecule has 0 unspecified atom stereocenters. The number of rotatable bonds is 17. The summed E-state index contributed by atoms with van der Waals surface area (Å²) >= 11 is 0. The Balaban J connectivity index is 0.000000374. The summed E-state index contributed by atoms with van der Waals surface area (Å²) in [5, 5.41) is 8.37. The minimum absolute atomic E-state index is 0.0331. The number of hydrazine groups is 1. The summed E-state index contributed by atoms with van der Waals surface area (Å²) in [6.07, 6.45) is -8.25. The van der Waals surface area contributed by atoms with Gasteiger partial charge in [0.1, 0.15) is 17.5 Å². The van der Waals surface area contributed by atoms with Crippen molar-refractivity contribution in [1.29, 1.82) is 0 Å². The summed E-state index contributed by atoms with van der Waals surface area (Å²) in [4.78, 5) is 55.1. The van der Waals surface area contributed by atoms with Crippen LogP contribution >= 0.6 is 0 Å². The second kappa shape index (κ2) is 27.1. The molecular formula is C46H58F6N8O6. The molecule has 0 aromatic heterocycles. The van der Waals surface area contributed by atoms with Crippen molar-refractivity contribution in [3.05, 3.63) is 120 Å². The zero-order valence-corrected chi connectivity index (χ0v) is 38.1. The molecule has 360 valence electrons. The third-order valence-electron chi connectivity index (χ3n) is 9.07. The summed E-state index contributed by atoms with van der Waals surface area (Å²) in [6.45, 7) is 10.1. The molecule has 2 atom stereocenters. The van der Waals surface area contributed by atoms with Gasteiger partial charge in [0.05, 0.1) is 18.3 Å². The van der Waals surface area contributed by atoms with Crippen molar-refractivity contribution in [1.82, 2.24) is 25.1 Å². The van der Waals surface area contributed by atoms with Crippen LogP contribution in [0.25, 0.3) is 0 Å². The second-order valence-electron chi connectivity index (χ2n) is 15.7. The molecule has 66 heavy (non-hydrogen) atoms. The van der Waals surface area contributed by atoms with Gasteiger partial charge in [-0.3, -0.25) is 14.6 Å². The van der Waals surface area contributed by atoms with Crippen LogP contribution in [0.5, 0.6) is 11.5 Å². The fraction of sp³-hybridized carbons (Fsp3) is 0.391. The molecule has 14 nitrogen and oxygen atoms in total. The van der Waals surface area contributed by atoms with E-state index in [9.17, 15) is 45.5 Å². The summed E-state index contributed by atoms with van der Waals surface area (Å²) in [5.74, 6) is -1.08. The maximum atomic E-state index is 13.2. The lowest BCUT2D eigenvalue weighted by atomic mass is 10.0. The third kappa shape index (κ3) is 21.9. The van der Waals surface area contributed by atoms with Crippen LogP contribution in [-0.4, -0.2) is 110 Å². The van der Waals surface area contributed by atoms with Crippen molar-refractivity contribution >= 4 is 35.3 Å². The molecule has 0 aliphatic heterocycles. The first-order valence-corrected chi connectivity index (χ1v) is 20.5. The lowest BCUT2D eigenvalue weighted by Crippen LogP contribution is -2.55. The molecule has 0 aliphatic carbocycles. The van der Waals surface area contributed by atoms with Gasteiger partial charge < -0.3 is 35.6 Å². The van der Waals surface area contributed by atoms with Gasteiger partial charge >= 0.3 is 18.8 Å². The van der Waals surface area contributed by atoms with Crippen molar-refractivity contribution in [2.45, 2.75) is 65.6 Å². The highest BCUT2D eigenvalue weighted by molar-refractivity contribution is 5.93. The van der Waals surface area contributed by atoms with Crippen LogP contribution in [0.3, 0.4) is 0 Å². The Morgan fingerprint density at radius 1 is 0.667 bits per heavy atom. The Hall–Kier alpha value is -6.47. The molecule has 0 aliphatic rings. The average Bonchev–Trinajstić information content (AvgIpc) is 3.24. The predicted molar refractivity (Wildman–Crippen MR) is 239 cm³/mol. The summed E-state index contributed by atoms with van der Waals surface area (Å²) in [5.41, 5.74) is 8.55. The molecule has 0 bridgehead atoms. The number of nitrogens with two attached hydrogens (primary N) is 1. The number of aliphatic imine (C=N–C) groups is 1. The third-order valence-corrected chi connectivity index (χ3v) is 9.07. The number of hydrogen-bond donors (Lipinski definition) is 3. The molecular weight excluding hydrogens is 875 g/mol. The predicted octanol–water partition coefficient (Wildman–Crippen LogP) is 8.35. The molecule has 4 N–H and O–H groups in total. The van der Waals surface area contributed by atoms with E-state index in [1.807, 2.05) is 107 Å². The number of carbonyl (C=O) groups excluding carboxylic acids is 4. The van der Waals surface area contributed by atoms with Gasteiger partial charge in [0, 0.05) is 39.4 Å². The largest absolute Gasteiger partial charge is 0.573 e. The van der Waals surface area contributed by atoms with Gasteiger partial charge in [-0.15, -0.1) is 26.3 Å². The van der Waals surface area contributed by atoms with E-state index in [-0.39, 0.29) is 40.8 Å². The smallest absolute Gasteiger partial charge is 0.406 e. The molecule has 4 aromatic rings. The van der Waals surface area contributed by atoms with Gasteiger partial charge in [-0.2, -0.15) is 4.99 Å². The highest BCUT2D eigenvalue weighted by Gasteiger charge is 2.33.